The highest BCUT2D eigenvalue weighted by atomic mass is 16.8. The quantitative estimate of drug-likeness (QED) is 0.0364. The molecule has 0 aromatic carbocycles. The summed E-state index contributed by atoms with van der Waals surface area (Å²) >= 11 is 0. The van der Waals surface area contributed by atoms with Crippen molar-refractivity contribution in [2.24, 2.45) is 0 Å². The topological polar surface area (TPSA) is 307 Å². The molecule has 3 rings (SSSR count). The van der Waals surface area contributed by atoms with Crippen molar-refractivity contribution in [3.63, 3.8) is 0 Å². The van der Waals surface area contributed by atoms with Crippen LogP contribution in [0.25, 0.3) is 0 Å². The third-order valence-corrected chi connectivity index (χ3v) is 15.4. The van der Waals surface area contributed by atoms with E-state index in [0.29, 0.717) is 12.8 Å². The normalized spacial score (nSPS) is 31.1. The van der Waals surface area contributed by atoms with Crippen molar-refractivity contribution in [1.29, 1.82) is 0 Å². The number of aliphatic hydroxyl groups excluding tert-OH is 11. The van der Waals surface area contributed by atoms with E-state index in [9.17, 15) is 61.0 Å². The fourth-order valence-corrected chi connectivity index (χ4v) is 10.5. The molecule has 3 fully saturated rings. The van der Waals surface area contributed by atoms with Gasteiger partial charge in [0.15, 0.2) is 18.9 Å². The summed E-state index contributed by atoms with van der Waals surface area (Å²) in [6.45, 7) is 1.79. The Morgan fingerprint density at radius 1 is 0.427 bits per heavy atom. The van der Waals surface area contributed by atoms with Gasteiger partial charge >= 0.3 is 0 Å². The highest BCUT2D eigenvalue weighted by Crippen LogP contribution is 2.33. The second kappa shape index (κ2) is 40.9. The van der Waals surface area contributed by atoms with Crippen molar-refractivity contribution in [2.45, 2.75) is 324 Å². The highest BCUT2D eigenvalue weighted by Gasteiger charge is 2.53. The van der Waals surface area contributed by atoms with Crippen molar-refractivity contribution in [2.75, 3.05) is 26.4 Å². The molecule has 12 N–H and O–H groups in total. The lowest BCUT2D eigenvalue weighted by atomic mass is 9.96. The largest absolute Gasteiger partial charge is 0.394 e. The Bertz CT molecular complexity index is 1390. The van der Waals surface area contributed by atoms with E-state index in [1.807, 2.05) is 0 Å². The molecule has 3 aliphatic rings. The smallest absolute Gasteiger partial charge is 0.220 e. The van der Waals surface area contributed by atoms with Crippen molar-refractivity contribution in [3.8, 4) is 0 Å². The molecule has 19 heteroatoms. The summed E-state index contributed by atoms with van der Waals surface area (Å²) in [5, 5.41) is 120. The summed E-state index contributed by atoms with van der Waals surface area (Å²) in [4.78, 5) is 13.3. The molecular weight excluding hydrogens is 975 g/mol. The summed E-state index contributed by atoms with van der Waals surface area (Å²) in [5.41, 5.74) is 0. The molecule has 1 amide bonds. The lowest BCUT2D eigenvalue weighted by Gasteiger charge is -2.48. The monoisotopic (exact) mass is 1080 g/mol. The molecule has 0 spiro atoms. The number of hydrogen-bond donors (Lipinski definition) is 12. The van der Waals surface area contributed by atoms with E-state index in [4.69, 9.17) is 28.4 Å². The highest BCUT2D eigenvalue weighted by molar-refractivity contribution is 5.76. The van der Waals surface area contributed by atoms with Gasteiger partial charge in [-0.3, -0.25) is 4.79 Å². The lowest BCUT2D eigenvalue weighted by molar-refractivity contribution is -0.379. The number of carbonyl (C=O) groups is 1. The van der Waals surface area contributed by atoms with Gasteiger partial charge in [0.25, 0.3) is 0 Å². The Kier molecular flexibility index (Phi) is 37.1. The van der Waals surface area contributed by atoms with Crippen LogP contribution < -0.4 is 5.32 Å². The van der Waals surface area contributed by atoms with Gasteiger partial charge in [0.2, 0.25) is 5.91 Å². The predicted octanol–water partition coefficient (Wildman–Crippen LogP) is 4.82. The van der Waals surface area contributed by atoms with Crippen molar-refractivity contribution >= 4 is 5.91 Å². The van der Waals surface area contributed by atoms with Gasteiger partial charge in [0, 0.05) is 6.42 Å². The summed E-state index contributed by atoms with van der Waals surface area (Å²) in [7, 11) is 0. The van der Waals surface area contributed by atoms with Gasteiger partial charge in [0.05, 0.1) is 38.6 Å². The average molecular weight is 1080 g/mol. The van der Waals surface area contributed by atoms with Crippen LogP contribution in [0.1, 0.15) is 219 Å². The zero-order valence-corrected chi connectivity index (χ0v) is 46.0. The van der Waals surface area contributed by atoms with Crippen LogP contribution in [0.2, 0.25) is 0 Å². The molecule has 3 heterocycles. The second-order valence-corrected chi connectivity index (χ2v) is 21.8. The van der Waals surface area contributed by atoms with E-state index in [-0.39, 0.29) is 18.9 Å². The van der Waals surface area contributed by atoms with Crippen LogP contribution in [0, 0.1) is 0 Å². The van der Waals surface area contributed by atoms with Crippen LogP contribution in [0.5, 0.6) is 0 Å². The minimum Gasteiger partial charge on any atom is -0.394 e. The maximum absolute atomic E-state index is 13.3. The molecule has 3 aliphatic heterocycles. The molecule has 0 radical (unpaired) electrons. The van der Waals surface area contributed by atoms with E-state index in [1.54, 1.807) is 0 Å². The molecule has 19 nitrogen and oxygen atoms in total. The molecule has 0 saturated carbocycles. The number of carbonyl (C=O) groups excluding carboxylic acids is 1. The lowest BCUT2D eigenvalue weighted by Crippen LogP contribution is -2.66. The Morgan fingerprint density at radius 2 is 0.760 bits per heavy atom. The predicted molar refractivity (Wildman–Crippen MR) is 282 cm³/mol. The number of unbranched alkanes of at least 4 members (excludes halogenated alkanes) is 28. The first-order chi connectivity index (χ1) is 36.3. The molecule has 17 atom stereocenters. The van der Waals surface area contributed by atoms with Crippen LogP contribution in [0.15, 0.2) is 0 Å². The van der Waals surface area contributed by atoms with Gasteiger partial charge in [-0.2, -0.15) is 0 Å². The molecule has 0 aliphatic carbocycles. The van der Waals surface area contributed by atoms with Gasteiger partial charge in [0.1, 0.15) is 73.2 Å². The van der Waals surface area contributed by atoms with Crippen LogP contribution in [-0.2, 0) is 33.2 Å². The molecule has 0 aromatic rings. The summed E-state index contributed by atoms with van der Waals surface area (Å²) in [6, 6.07) is -0.879. The zero-order chi connectivity index (χ0) is 54.8. The number of nitrogens with one attached hydrogen (secondary N) is 1. The van der Waals surface area contributed by atoms with Crippen molar-refractivity contribution < 1.29 is 89.4 Å². The van der Waals surface area contributed by atoms with E-state index in [1.165, 1.54) is 141 Å². The Labute approximate surface area is 449 Å². The van der Waals surface area contributed by atoms with Crippen molar-refractivity contribution in [1.82, 2.24) is 5.32 Å². The van der Waals surface area contributed by atoms with Gasteiger partial charge in [-0.25, -0.2) is 0 Å². The average Bonchev–Trinajstić information content (AvgIpc) is 3.41. The van der Waals surface area contributed by atoms with Crippen LogP contribution >= 0.6 is 0 Å². The number of ether oxygens (including phenoxy) is 6. The molecule has 3 saturated heterocycles. The first-order valence-electron chi connectivity index (χ1n) is 29.8. The third kappa shape index (κ3) is 25.4. The molecule has 17 unspecified atom stereocenters. The van der Waals surface area contributed by atoms with Crippen LogP contribution in [0.3, 0.4) is 0 Å². The molecule has 0 aromatic heterocycles. The van der Waals surface area contributed by atoms with Gasteiger partial charge in [-0.05, 0) is 12.8 Å². The Balaban J connectivity index is 1.49. The Hall–Kier alpha value is -1.21. The van der Waals surface area contributed by atoms with Crippen LogP contribution in [0.4, 0.5) is 0 Å². The minimum absolute atomic E-state index is 0.240. The Morgan fingerprint density at radius 3 is 1.16 bits per heavy atom. The zero-order valence-electron chi connectivity index (χ0n) is 46.0. The number of amides is 1. The van der Waals surface area contributed by atoms with E-state index >= 15 is 0 Å². The van der Waals surface area contributed by atoms with Crippen molar-refractivity contribution in [3.05, 3.63) is 0 Å². The molecule has 75 heavy (non-hydrogen) atoms. The first kappa shape index (κ1) is 68.1. The number of aliphatic hydroxyl groups is 11. The maximum atomic E-state index is 13.3. The summed E-state index contributed by atoms with van der Waals surface area (Å²) in [5.74, 6) is -0.240. The second-order valence-electron chi connectivity index (χ2n) is 21.8. The molecule has 444 valence electrons. The van der Waals surface area contributed by atoms with E-state index in [2.05, 4.69) is 19.2 Å². The minimum atomic E-state index is -1.97. The third-order valence-electron chi connectivity index (χ3n) is 15.4. The van der Waals surface area contributed by atoms with Gasteiger partial charge in [-0.1, -0.05) is 200 Å². The van der Waals surface area contributed by atoms with E-state index in [0.717, 1.165) is 44.9 Å². The SMILES string of the molecule is CCCCCCCCCCCCCCCCCCCC(=O)NC(COC1OC(CO)C(OC2OC(CO)C(OC3OC(CO)C(O)C(O)C3O)C(O)C2O)C(O)C1O)C(O)CCCCCCCCCCCCCCC. The van der Waals surface area contributed by atoms with E-state index < -0.39 is 124 Å². The molecule has 0 bridgehead atoms. The first-order valence-corrected chi connectivity index (χ1v) is 29.8. The molecular formula is C56H107NO18. The fourth-order valence-electron chi connectivity index (χ4n) is 10.5. The number of hydrogen-bond acceptors (Lipinski definition) is 18. The van der Waals surface area contributed by atoms with Crippen LogP contribution in [-0.4, -0.2) is 193 Å². The summed E-state index contributed by atoms with van der Waals surface area (Å²) in [6.07, 6.45) is 10.4. The maximum Gasteiger partial charge on any atom is 0.220 e. The fraction of sp³-hybridized carbons (Fsp3) is 0.982. The summed E-state index contributed by atoms with van der Waals surface area (Å²) < 4.78 is 34.3. The standard InChI is InChI=1S/C56H107NO18/c1-3-5-7-9-11-13-15-17-18-19-20-22-24-26-28-30-32-34-44(62)57-39(40(61)33-31-29-27-25-23-21-16-14-12-10-8-6-4-2)38-70-54-50(68)47(65)52(42(36-59)72-54)75-56-51(69)48(66)53(43(37-60)73-56)74-55-49(67)46(64)45(63)41(35-58)71-55/h39-43,45-56,58-61,63-69H,3-38H2,1-2H3,(H,57,62). The van der Waals surface area contributed by atoms with Gasteiger partial charge in [-0.15, -0.1) is 0 Å². The van der Waals surface area contributed by atoms with Gasteiger partial charge < -0.3 is 89.9 Å². The number of rotatable bonds is 44.